The first-order valence-corrected chi connectivity index (χ1v) is 3.94. The van der Waals surface area contributed by atoms with E-state index in [-0.39, 0.29) is 6.54 Å². The lowest BCUT2D eigenvalue weighted by Gasteiger charge is -1.99. The van der Waals surface area contributed by atoms with Crippen LogP contribution in [0.3, 0.4) is 0 Å². The summed E-state index contributed by atoms with van der Waals surface area (Å²) in [6.45, 7) is 0.232. The molecule has 0 heterocycles. The van der Waals surface area contributed by atoms with E-state index in [1.54, 1.807) is 18.2 Å². The molecule has 0 bridgehead atoms. The Hall–Kier alpha value is -0.890. The van der Waals surface area contributed by atoms with E-state index in [1.165, 1.54) is 0 Å². The van der Waals surface area contributed by atoms with Gasteiger partial charge in [-0.1, -0.05) is 28.3 Å². The van der Waals surface area contributed by atoms with Crippen LogP contribution in [0.15, 0.2) is 23.3 Å². The second kappa shape index (κ2) is 4.21. The minimum absolute atomic E-state index is 0.232. The van der Waals surface area contributed by atoms with E-state index in [9.17, 15) is 0 Å². The lowest BCUT2D eigenvalue weighted by molar-refractivity contribution is 1.05. The van der Waals surface area contributed by atoms with Crippen molar-refractivity contribution >= 4 is 23.2 Å². The van der Waals surface area contributed by atoms with Crippen LogP contribution in [0.4, 0.5) is 0 Å². The largest absolute Gasteiger partial charge is 0.0892 e. The van der Waals surface area contributed by atoms with Crippen LogP contribution >= 0.6 is 23.2 Å². The van der Waals surface area contributed by atoms with Gasteiger partial charge in [-0.15, -0.1) is 0 Å². The molecule has 0 aromatic heterocycles. The van der Waals surface area contributed by atoms with Crippen LogP contribution in [-0.4, -0.2) is 0 Å². The normalized spacial score (nSPS) is 9.17. The standard InChI is InChI=1S/C7H5Cl2N3/c8-6-1-2-7(9)5(3-6)4-11-12-10/h1-3H,4H2. The number of azide groups is 1. The number of nitrogens with zero attached hydrogens (tertiary/aromatic N) is 3. The highest BCUT2D eigenvalue weighted by atomic mass is 35.5. The molecule has 0 aliphatic rings. The van der Waals surface area contributed by atoms with Crippen molar-refractivity contribution in [1.29, 1.82) is 0 Å². The molecular weight excluding hydrogens is 197 g/mol. The third kappa shape index (κ3) is 2.31. The van der Waals surface area contributed by atoms with Gasteiger partial charge in [0.25, 0.3) is 0 Å². The van der Waals surface area contributed by atoms with Crippen LogP contribution in [0.5, 0.6) is 0 Å². The predicted octanol–water partition coefficient (Wildman–Crippen LogP) is 3.80. The highest BCUT2D eigenvalue weighted by molar-refractivity contribution is 6.33. The SMILES string of the molecule is [N-]=[N+]=NCc1cc(Cl)ccc1Cl. The van der Waals surface area contributed by atoms with E-state index < -0.39 is 0 Å². The molecule has 0 N–H and O–H groups in total. The van der Waals surface area contributed by atoms with E-state index >= 15 is 0 Å². The minimum atomic E-state index is 0.232. The van der Waals surface area contributed by atoms with Crippen molar-refractivity contribution in [1.82, 2.24) is 0 Å². The van der Waals surface area contributed by atoms with E-state index in [0.717, 1.165) is 5.56 Å². The van der Waals surface area contributed by atoms with Crippen LogP contribution in [0, 0.1) is 0 Å². The lowest BCUT2D eigenvalue weighted by atomic mass is 10.2. The van der Waals surface area contributed by atoms with Crippen molar-refractivity contribution < 1.29 is 0 Å². The lowest BCUT2D eigenvalue weighted by Crippen LogP contribution is -1.81. The molecule has 0 saturated carbocycles. The Morgan fingerprint density at radius 3 is 2.83 bits per heavy atom. The van der Waals surface area contributed by atoms with E-state index in [1.807, 2.05) is 0 Å². The van der Waals surface area contributed by atoms with Gasteiger partial charge >= 0.3 is 0 Å². The molecule has 62 valence electrons. The van der Waals surface area contributed by atoms with Crippen LogP contribution in [-0.2, 0) is 6.54 Å². The van der Waals surface area contributed by atoms with Crippen LogP contribution in [0.2, 0.25) is 10.0 Å². The summed E-state index contributed by atoms with van der Waals surface area (Å²) < 4.78 is 0. The number of hydrogen-bond donors (Lipinski definition) is 0. The second-order valence-electron chi connectivity index (χ2n) is 2.12. The molecule has 0 amide bonds. The summed E-state index contributed by atoms with van der Waals surface area (Å²) >= 11 is 11.5. The maximum Gasteiger partial charge on any atom is 0.0526 e. The van der Waals surface area contributed by atoms with Crippen LogP contribution in [0.1, 0.15) is 5.56 Å². The topological polar surface area (TPSA) is 48.8 Å². The van der Waals surface area contributed by atoms with Gasteiger partial charge in [-0.05, 0) is 29.3 Å². The van der Waals surface area contributed by atoms with Gasteiger partial charge in [0.15, 0.2) is 0 Å². The molecule has 0 spiro atoms. The van der Waals surface area contributed by atoms with Gasteiger partial charge in [-0.2, -0.15) is 0 Å². The third-order valence-corrected chi connectivity index (χ3v) is 1.92. The zero-order valence-corrected chi connectivity index (χ0v) is 7.55. The van der Waals surface area contributed by atoms with E-state index in [4.69, 9.17) is 28.7 Å². The number of hydrogen-bond acceptors (Lipinski definition) is 1. The highest BCUT2D eigenvalue weighted by Gasteiger charge is 1.98. The molecule has 0 aliphatic heterocycles. The van der Waals surface area contributed by atoms with Gasteiger partial charge in [-0.3, -0.25) is 0 Å². The number of halogens is 2. The number of benzene rings is 1. The highest BCUT2D eigenvalue weighted by Crippen LogP contribution is 2.21. The Bertz CT molecular complexity index is 331. The molecule has 1 aromatic rings. The smallest absolute Gasteiger partial charge is 0.0526 e. The van der Waals surface area contributed by atoms with Gasteiger partial charge in [0.2, 0.25) is 0 Å². The summed E-state index contributed by atoms with van der Waals surface area (Å²) in [5.41, 5.74) is 8.81. The number of rotatable bonds is 2. The Balaban J connectivity index is 2.96. The zero-order chi connectivity index (χ0) is 8.97. The third-order valence-electron chi connectivity index (χ3n) is 1.31. The molecule has 3 nitrogen and oxygen atoms in total. The van der Waals surface area contributed by atoms with Gasteiger partial charge in [0.05, 0.1) is 6.54 Å². The molecule has 1 aromatic carbocycles. The maximum absolute atomic E-state index is 8.07. The summed E-state index contributed by atoms with van der Waals surface area (Å²) in [6, 6.07) is 5.04. The molecule has 0 atom stereocenters. The Labute approximate surface area is 79.5 Å². The minimum Gasteiger partial charge on any atom is -0.0892 e. The fraction of sp³-hybridized carbons (Fsp3) is 0.143. The van der Waals surface area contributed by atoms with E-state index in [2.05, 4.69) is 10.0 Å². The molecule has 0 aliphatic carbocycles. The summed E-state index contributed by atoms with van der Waals surface area (Å²) in [7, 11) is 0. The monoisotopic (exact) mass is 201 g/mol. The Morgan fingerprint density at radius 2 is 2.17 bits per heavy atom. The summed E-state index contributed by atoms with van der Waals surface area (Å²) in [5, 5.41) is 4.53. The van der Waals surface area contributed by atoms with Gasteiger partial charge in [0, 0.05) is 15.0 Å². The van der Waals surface area contributed by atoms with Crippen LogP contribution in [0.25, 0.3) is 10.4 Å². The molecule has 0 saturated heterocycles. The second-order valence-corrected chi connectivity index (χ2v) is 2.97. The summed E-state index contributed by atoms with van der Waals surface area (Å²) in [5.74, 6) is 0. The average molecular weight is 202 g/mol. The summed E-state index contributed by atoms with van der Waals surface area (Å²) in [6.07, 6.45) is 0. The van der Waals surface area contributed by atoms with Crippen molar-refractivity contribution in [2.45, 2.75) is 6.54 Å². The van der Waals surface area contributed by atoms with Crippen molar-refractivity contribution in [2.75, 3.05) is 0 Å². The molecular formula is C7H5Cl2N3. The first kappa shape index (κ1) is 9.20. The molecule has 0 fully saturated rings. The Kier molecular flexibility index (Phi) is 3.23. The van der Waals surface area contributed by atoms with Crippen molar-refractivity contribution in [2.24, 2.45) is 5.11 Å². The molecule has 5 heteroatoms. The fourth-order valence-electron chi connectivity index (χ4n) is 0.772. The van der Waals surface area contributed by atoms with Crippen molar-refractivity contribution in [3.8, 4) is 0 Å². The molecule has 12 heavy (non-hydrogen) atoms. The Morgan fingerprint density at radius 1 is 1.42 bits per heavy atom. The summed E-state index contributed by atoms with van der Waals surface area (Å²) in [4.78, 5) is 2.63. The quantitative estimate of drug-likeness (QED) is 0.397. The van der Waals surface area contributed by atoms with E-state index in [0.29, 0.717) is 10.0 Å². The van der Waals surface area contributed by atoms with Gasteiger partial charge < -0.3 is 0 Å². The zero-order valence-electron chi connectivity index (χ0n) is 6.04. The van der Waals surface area contributed by atoms with Crippen molar-refractivity contribution in [3.63, 3.8) is 0 Å². The fourth-order valence-corrected chi connectivity index (χ4v) is 1.14. The average Bonchev–Trinajstić information content (AvgIpc) is 2.07. The molecule has 1 rings (SSSR count). The van der Waals surface area contributed by atoms with Gasteiger partial charge in [-0.25, -0.2) is 0 Å². The predicted molar refractivity (Wildman–Crippen MR) is 49.3 cm³/mol. The first-order valence-electron chi connectivity index (χ1n) is 3.19. The first-order chi connectivity index (χ1) is 5.74. The molecule has 0 radical (unpaired) electrons. The molecule has 0 unspecified atom stereocenters. The maximum atomic E-state index is 8.07. The van der Waals surface area contributed by atoms with Crippen molar-refractivity contribution in [3.05, 3.63) is 44.3 Å². The van der Waals surface area contributed by atoms with Gasteiger partial charge in [0.1, 0.15) is 0 Å². The van der Waals surface area contributed by atoms with Crippen LogP contribution < -0.4 is 0 Å².